The fourth-order valence-electron chi connectivity index (χ4n) is 4.55. The van der Waals surface area contributed by atoms with Crippen LogP contribution in [0.4, 0.5) is 19.0 Å². The number of aryl methyl sites for hydroxylation is 1. The van der Waals surface area contributed by atoms with Gasteiger partial charge in [-0.1, -0.05) is 18.2 Å². The number of anilines is 1. The molecule has 0 atom stereocenters. The van der Waals surface area contributed by atoms with Crippen LogP contribution in [0.15, 0.2) is 54.9 Å². The lowest BCUT2D eigenvalue weighted by Gasteiger charge is -2.19. The molecular formula is C27H24F3N5O2. The van der Waals surface area contributed by atoms with E-state index in [1.807, 2.05) is 48.2 Å². The summed E-state index contributed by atoms with van der Waals surface area (Å²) in [6, 6.07) is 13.9. The molecule has 1 aliphatic heterocycles. The predicted octanol–water partition coefficient (Wildman–Crippen LogP) is 5.42. The van der Waals surface area contributed by atoms with Crippen LogP contribution in [0.5, 0.6) is 5.88 Å². The van der Waals surface area contributed by atoms with Crippen LogP contribution in [0.2, 0.25) is 0 Å². The SMILES string of the molecule is Cc1cccc(C(=O)N2CCCC2)c1-c1ccc2nc(N)c(COc3cc(C(F)(F)F)ncn3)cc2c1. The lowest BCUT2D eigenvalue weighted by molar-refractivity contribution is -0.141. The third-order valence-corrected chi connectivity index (χ3v) is 6.42. The lowest BCUT2D eigenvalue weighted by Crippen LogP contribution is -2.28. The van der Waals surface area contributed by atoms with Gasteiger partial charge in [0.1, 0.15) is 18.8 Å². The Morgan fingerprint density at radius 2 is 1.86 bits per heavy atom. The number of carbonyl (C=O) groups is 1. The number of likely N-dealkylation sites (tertiary alicyclic amines) is 1. The molecule has 1 amide bonds. The largest absolute Gasteiger partial charge is 0.473 e. The number of fused-ring (bicyclic) bond motifs is 1. The second-order valence-corrected chi connectivity index (χ2v) is 8.96. The number of ether oxygens (including phenoxy) is 1. The van der Waals surface area contributed by atoms with E-state index < -0.39 is 11.9 Å². The minimum absolute atomic E-state index is 0.0175. The van der Waals surface area contributed by atoms with E-state index >= 15 is 0 Å². The average Bonchev–Trinajstić information content (AvgIpc) is 3.41. The maximum absolute atomic E-state index is 13.3. The topological polar surface area (TPSA) is 94.2 Å². The highest BCUT2D eigenvalue weighted by Crippen LogP contribution is 2.33. The molecule has 1 fully saturated rings. The van der Waals surface area contributed by atoms with E-state index in [1.54, 1.807) is 6.07 Å². The number of nitrogens with two attached hydrogens (primary N) is 1. The molecule has 1 aliphatic rings. The Morgan fingerprint density at radius 1 is 1.08 bits per heavy atom. The number of nitrogen functional groups attached to an aromatic ring is 1. The molecule has 1 saturated heterocycles. The molecule has 0 radical (unpaired) electrons. The Bertz CT molecular complexity index is 1480. The van der Waals surface area contributed by atoms with E-state index in [0.29, 0.717) is 16.6 Å². The molecule has 5 rings (SSSR count). The quantitative estimate of drug-likeness (QED) is 0.388. The third-order valence-electron chi connectivity index (χ3n) is 6.42. The van der Waals surface area contributed by atoms with Crippen molar-refractivity contribution >= 4 is 22.6 Å². The highest BCUT2D eigenvalue weighted by Gasteiger charge is 2.33. The summed E-state index contributed by atoms with van der Waals surface area (Å²) < 4.78 is 44.3. The van der Waals surface area contributed by atoms with Crippen LogP contribution < -0.4 is 10.5 Å². The second-order valence-electron chi connectivity index (χ2n) is 8.96. The van der Waals surface area contributed by atoms with E-state index in [1.165, 1.54) is 0 Å². The number of aromatic nitrogens is 3. The van der Waals surface area contributed by atoms with Gasteiger partial charge in [0.25, 0.3) is 5.91 Å². The Balaban J connectivity index is 1.47. The summed E-state index contributed by atoms with van der Waals surface area (Å²) in [6.07, 6.45) is -1.79. The predicted molar refractivity (Wildman–Crippen MR) is 133 cm³/mol. The summed E-state index contributed by atoms with van der Waals surface area (Å²) >= 11 is 0. The van der Waals surface area contributed by atoms with Crippen LogP contribution in [0.25, 0.3) is 22.0 Å². The number of halogens is 3. The molecule has 0 aliphatic carbocycles. The molecule has 0 spiro atoms. The molecular weight excluding hydrogens is 483 g/mol. The van der Waals surface area contributed by atoms with Crippen molar-refractivity contribution in [2.45, 2.75) is 32.5 Å². The van der Waals surface area contributed by atoms with Crippen LogP contribution in [0.3, 0.4) is 0 Å². The van der Waals surface area contributed by atoms with Crippen molar-refractivity contribution in [3.05, 3.63) is 77.2 Å². The number of hydrogen-bond donors (Lipinski definition) is 1. The van der Waals surface area contributed by atoms with Crippen molar-refractivity contribution in [2.75, 3.05) is 18.8 Å². The summed E-state index contributed by atoms with van der Waals surface area (Å²) in [5.74, 6) is -0.00409. The minimum Gasteiger partial charge on any atom is -0.473 e. The molecule has 0 unspecified atom stereocenters. The zero-order valence-corrected chi connectivity index (χ0v) is 20.0. The van der Waals surface area contributed by atoms with Gasteiger partial charge < -0.3 is 15.4 Å². The van der Waals surface area contributed by atoms with Crippen molar-refractivity contribution in [3.8, 4) is 17.0 Å². The van der Waals surface area contributed by atoms with Gasteiger partial charge in [-0.05, 0) is 60.7 Å². The first-order chi connectivity index (χ1) is 17.7. The highest BCUT2D eigenvalue weighted by molar-refractivity contribution is 6.02. The molecule has 37 heavy (non-hydrogen) atoms. The van der Waals surface area contributed by atoms with E-state index in [4.69, 9.17) is 10.5 Å². The standard InChI is InChI=1S/C27H24F3N5O2/c1-16-5-4-6-20(26(36)35-9-2-3-10-35)24(16)17-7-8-21-18(11-17)12-19(25(31)34-21)14-37-23-13-22(27(28,29)30)32-15-33-23/h4-8,11-13,15H,2-3,9-10,14H2,1H3,(H2,31,34). The number of nitrogens with zero attached hydrogens (tertiary/aromatic N) is 4. The molecule has 7 nitrogen and oxygen atoms in total. The zero-order valence-electron chi connectivity index (χ0n) is 20.0. The fourth-order valence-corrected chi connectivity index (χ4v) is 4.55. The fraction of sp³-hybridized carbons (Fsp3) is 0.259. The third kappa shape index (κ3) is 5.04. The van der Waals surface area contributed by atoms with Crippen molar-refractivity contribution in [2.24, 2.45) is 0 Å². The van der Waals surface area contributed by atoms with Gasteiger partial charge in [-0.2, -0.15) is 13.2 Å². The van der Waals surface area contributed by atoms with Crippen LogP contribution in [0, 0.1) is 6.92 Å². The first-order valence-electron chi connectivity index (χ1n) is 11.8. The maximum Gasteiger partial charge on any atom is 0.433 e. The first kappa shape index (κ1) is 24.5. The molecule has 190 valence electrons. The summed E-state index contributed by atoms with van der Waals surface area (Å²) in [4.78, 5) is 26.6. The van der Waals surface area contributed by atoms with E-state index in [-0.39, 0.29) is 24.2 Å². The molecule has 4 aromatic rings. The monoisotopic (exact) mass is 507 g/mol. The first-order valence-corrected chi connectivity index (χ1v) is 11.8. The zero-order chi connectivity index (χ0) is 26.2. The number of amides is 1. The van der Waals surface area contributed by atoms with Crippen molar-refractivity contribution in [1.82, 2.24) is 19.9 Å². The van der Waals surface area contributed by atoms with Crippen molar-refractivity contribution in [1.29, 1.82) is 0 Å². The molecule has 3 heterocycles. The number of benzene rings is 2. The number of pyridine rings is 1. The van der Waals surface area contributed by atoms with E-state index in [2.05, 4.69) is 15.0 Å². The van der Waals surface area contributed by atoms with Gasteiger partial charge in [0, 0.05) is 35.7 Å². The molecule has 10 heteroatoms. The summed E-state index contributed by atoms with van der Waals surface area (Å²) in [5, 5.41) is 0.756. The van der Waals surface area contributed by atoms with Crippen LogP contribution in [0.1, 0.15) is 40.0 Å². The summed E-state index contributed by atoms with van der Waals surface area (Å²) in [6.45, 7) is 3.36. The van der Waals surface area contributed by atoms with Gasteiger partial charge in [0.15, 0.2) is 5.69 Å². The van der Waals surface area contributed by atoms with E-state index in [9.17, 15) is 18.0 Å². The van der Waals surface area contributed by atoms with Gasteiger partial charge in [-0.15, -0.1) is 0 Å². The van der Waals surface area contributed by atoms with Gasteiger partial charge >= 0.3 is 6.18 Å². The Kier molecular flexibility index (Phi) is 6.41. The number of rotatable bonds is 5. The van der Waals surface area contributed by atoms with Crippen molar-refractivity contribution in [3.63, 3.8) is 0 Å². The highest BCUT2D eigenvalue weighted by atomic mass is 19.4. The normalized spacial score (nSPS) is 13.8. The van der Waals surface area contributed by atoms with Gasteiger partial charge in [0.2, 0.25) is 5.88 Å². The number of hydrogen-bond acceptors (Lipinski definition) is 6. The second kappa shape index (κ2) is 9.68. The number of alkyl halides is 3. The molecule has 0 bridgehead atoms. The van der Waals surface area contributed by atoms with Gasteiger partial charge in [-0.25, -0.2) is 15.0 Å². The summed E-state index contributed by atoms with van der Waals surface area (Å²) in [5.41, 5.74) is 9.49. The van der Waals surface area contributed by atoms with Gasteiger partial charge in [-0.3, -0.25) is 4.79 Å². The molecule has 2 N–H and O–H groups in total. The number of carbonyl (C=O) groups excluding carboxylic acids is 1. The molecule has 2 aromatic heterocycles. The van der Waals surface area contributed by atoms with Gasteiger partial charge in [0.05, 0.1) is 5.52 Å². The Labute approximate surface area is 211 Å². The minimum atomic E-state index is -4.61. The average molecular weight is 508 g/mol. The molecule has 2 aromatic carbocycles. The summed E-state index contributed by atoms with van der Waals surface area (Å²) in [7, 11) is 0. The smallest absolute Gasteiger partial charge is 0.433 e. The van der Waals surface area contributed by atoms with Crippen LogP contribution in [-0.2, 0) is 12.8 Å². The lowest BCUT2D eigenvalue weighted by atomic mass is 9.93. The maximum atomic E-state index is 13.3. The Hall–Kier alpha value is -4.21. The van der Waals surface area contributed by atoms with Crippen LogP contribution >= 0.6 is 0 Å². The van der Waals surface area contributed by atoms with Crippen LogP contribution in [-0.4, -0.2) is 38.8 Å². The molecule has 0 saturated carbocycles. The van der Waals surface area contributed by atoms with E-state index in [0.717, 1.165) is 60.4 Å². The Morgan fingerprint density at radius 3 is 2.62 bits per heavy atom. The van der Waals surface area contributed by atoms with Crippen molar-refractivity contribution < 1.29 is 22.7 Å².